The molecule has 1 amide bonds. The van der Waals surface area contributed by atoms with Crippen molar-refractivity contribution < 1.29 is 19.4 Å². The highest BCUT2D eigenvalue weighted by atomic mass is 16.5. The van der Waals surface area contributed by atoms with Crippen molar-refractivity contribution in [3.63, 3.8) is 0 Å². The van der Waals surface area contributed by atoms with Crippen molar-refractivity contribution in [2.75, 3.05) is 33.3 Å². The average molecular weight is 368 g/mol. The molecule has 0 spiro atoms. The Bertz CT molecular complexity index is 794. The van der Waals surface area contributed by atoms with Gasteiger partial charge < -0.3 is 14.7 Å². The summed E-state index contributed by atoms with van der Waals surface area (Å²) in [4.78, 5) is 28.0. The molecule has 0 saturated carbocycles. The van der Waals surface area contributed by atoms with Crippen LogP contribution in [0.1, 0.15) is 17.2 Å². The molecule has 6 heteroatoms. The lowest BCUT2D eigenvalue weighted by Crippen LogP contribution is -2.52. The van der Waals surface area contributed by atoms with E-state index in [0.29, 0.717) is 30.9 Å². The maximum atomic E-state index is 12.6. The van der Waals surface area contributed by atoms with Crippen molar-refractivity contribution in [3.05, 3.63) is 65.7 Å². The molecule has 0 aromatic heterocycles. The molecule has 0 radical (unpaired) electrons. The summed E-state index contributed by atoms with van der Waals surface area (Å²) in [6, 6.07) is 16.2. The number of piperazine rings is 1. The van der Waals surface area contributed by atoms with Gasteiger partial charge >= 0.3 is 5.97 Å². The fourth-order valence-electron chi connectivity index (χ4n) is 3.41. The van der Waals surface area contributed by atoms with E-state index < -0.39 is 12.0 Å². The minimum Gasteiger partial charge on any atom is -0.497 e. The molecule has 1 fully saturated rings. The van der Waals surface area contributed by atoms with Gasteiger partial charge in [0.25, 0.3) is 0 Å². The summed E-state index contributed by atoms with van der Waals surface area (Å²) < 4.78 is 5.20. The molecule has 2 aromatic carbocycles. The molecule has 1 unspecified atom stereocenters. The molecule has 27 heavy (non-hydrogen) atoms. The second-order valence-electron chi connectivity index (χ2n) is 6.60. The fraction of sp³-hybridized carbons (Fsp3) is 0.333. The SMILES string of the molecule is COc1cccc(C(C(=O)O)N2CCN(CCc3ccccc3)C(=O)C2)c1. The van der Waals surface area contributed by atoms with E-state index in [0.717, 1.165) is 6.42 Å². The van der Waals surface area contributed by atoms with Crippen molar-refractivity contribution >= 4 is 11.9 Å². The van der Waals surface area contributed by atoms with Crippen molar-refractivity contribution in [3.8, 4) is 5.75 Å². The van der Waals surface area contributed by atoms with E-state index in [2.05, 4.69) is 0 Å². The zero-order chi connectivity index (χ0) is 19.2. The molecule has 0 bridgehead atoms. The zero-order valence-corrected chi connectivity index (χ0v) is 15.4. The van der Waals surface area contributed by atoms with E-state index in [4.69, 9.17) is 4.74 Å². The topological polar surface area (TPSA) is 70.1 Å². The van der Waals surface area contributed by atoms with E-state index in [1.165, 1.54) is 5.56 Å². The number of nitrogens with zero attached hydrogens (tertiary/aromatic N) is 2. The third-order valence-corrected chi connectivity index (χ3v) is 4.87. The van der Waals surface area contributed by atoms with Crippen molar-refractivity contribution in [2.24, 2.45) is 0 Å². The first-order valence-corrected chi connectivity index (χ1v) is 9.01. The largest absolute Gasteiger partial charge is 0.497 e. The van der Waals surface area contributed by atoms with E-state index in [-0.39, 0.29) is 12.5 Å². The third kappa shape index (κ3) is 4.65. The maximum Gasteiger partial charge on any atom is 0.325 e. The Balaban J connectivity index is 1.65. The first-order chi connectivity index (χ1) is 13.1. The Labute approximate surface area is 159 Å². The molecule has 2 aromatic rings. The van der Waals surface area contributed by atoms with Gasteiger partial charge in [0.1, 0.15) is 11.8 Å². The van der Waals surface area contributed by atoms with Crippen LogP contribution < -0.4 is 4.74 Å². The summed E-state index contributed by atoms with van der Waals surface area (Å²) >= 11 is 0. The molecule has 1 atom stereocenters. The molecule has 1 aliphatic rings. The molecule has 1 aliphatic heterocycles. The highest BCUT2D eigenvalue weighted by molar-refractivity contribution is 5.81. The Kier molecular flexibility index (Phi) is 6.08. The number of aliphatic carboxylic acids is 1. The number of amides is 1. The second-order valence-corrected chi connectivity index (χ2v) is 6.60. The van der Waals surface area contributed by atoms with Crippen LogP contribution in [0.3, 0.4) is 0 Å². The highest BCUT2D eigenvalue weighted by Crippen LogP contribution is 2.26. The van der Waals surface area contributed by atoms with Crippen molar-refractivity contribution in [2.45, 2.75) is 12.5 Å². The number of benzene rings is 2. The van der Waals surface area contributed by atoms with Gasteiger partial charge in [0.05, 0.1) is 13.7 Å². The normalized spacial score (nSPS) is 16.2. The number of rotatable bonds is 7. The van der Waals surface area contributed by atoms with Crippen LogP contribution in [0.2, 0.25) is 0 Å². The number of carbonyl (C=O) groups excluding carboxylic acids is 1. The molecule has 1 N–H and O–H groups in total. The second kappa shape index (κ2) is 8.68. The molecule has 1 heterocycles. The van der Waals surface area contributed by atoms with Crippen LogP contribution >= 0.6 is 0 Å². The lowest BCUT2D eigenvalue weighted by molar-refractivity contribution is -0.147. The number of carbonyl (C=O) groups is 2. The number of methoxy groups -OCH3 is 1. The van der Waals surface area contributed by atoms with Gasteiger partial charge in [0.15, 0.2) is 0 Å². The summed E-state index contributed by atoms with van der Waals surface area (Å²) in [6.07, 6.45) is 0.796. The molecular weight excluding hydrogens is 344 g/mol. The van der Waals surface area contributed by atoms with E-state index in [9.17, 15) is 14.7 Å². The quantitative estimate of drug-likeness (QED) is 0.811. The van der Waals surface area contributed by atoms with Crippen LogP contribution in [-0.2, 0) is 16.0 Å². The molecule has 0 aliphatic carbocycles. The minimum atomic E-state index is -0.964. The predicted octanol–water partition coefficient (Wildman–Crippen LogP) is 2.21. The van der Waals surface area contributed by atoms with Crippen molar-refractivity contribution in [1.82, 2.24) is 9.80 Å². The van der Waals surface area contributed by atoms with Gasteiger partial charge in [-0.2, -0.15) is 0 Å². The molecular formula is C21H24N2O4. The summed E-state index contributed by atoms with van der Waals surface area (Å²) in [5.74, 6) is -0.397. The van der Waals surface area contributed by atoms with Gasteiger partial charge in [-0.3, -0.25) is 14.5 Å². The monoisotopic (exact) mass is 368 g/mol. The summed E-state index contributed by atoms with van der Waals surface area (Å²) in [6.45, 7) is 1.80. The number of carboxylic acids is 1. The standard InChI is InChI=1S/C21H24N2O4/c1-27-18-9-5-8-17(14-18)20(21(25)26)23-13-12-22(19(24)15-23)11-10-16-6-3-2-4-7-16/h2-9,14,20H,10-13,15H2,1H3,(H,25,26). The van der Waals surface area contributed by atoms with Gasteiger partial charge in [-0.25, -0.2) is 0 Å². The Morgan fingerprint density at radius 2 is 1.93 bits per heavy atom. The zero-order valence-electron chi connectivity index (χ0n) is 15.4. The number of hydrogen-bond acceptors (Lipinski definition) is 4. The third-order valence-electron chi connectivity index (χ3n) is 4.87. The van der Waals surface area contributed by atoms with Gasteiger partial charge in [-0.1, -0.05) is 42.5 Å². The van der Waals surface area contributed by atoms with E-state index in [1.807, 2.05) is 35.2 Å². The lowest BCUT2D eigenvalue weighted by atomic mass is 10.0. The summed E-state index contributed by atoms with van der Waals surface area (Å²) in [5.41, 5.74) is 1.81. The summed E-state index contributed by atoms with van der Waals surface area (Å²) in [5, 5.41) is 9.74. The number of hydrogen-bond donors (Lipinski definition) is 1. The lowest BCUT2D eigenvalue weighted by Gasteiger charge is -2.37. The molecule has 142 valence electrons. The minimum absolute atomic E-state index is 0.0358. The average Bonchev–Trinajstić information content (AvgIpc) is 2.68. The first-order valence-electron chi connectivity index (χ1n) is 9.01. The van der Waals surface area contributed by atoms with Gasteiger partial charge in [-0.15, -0.1) is 0 Å². The summed E-state index contributed by atoms with van der Waals surface area (Å²) in [7, 11) is 1.55. The Hall–Kier alpha value is -2.86. The highest BCUT2D eigenvalue weighted by Gasteiger charge is 2.33. The number of carboxylic acid groups (broad SMARTS) is 1. The smallest absolute Gasteiger partial charge is 0.325 e. The van der Waals surface area contributed by atoms with Crippen LogP contribution in [0.4, 0.5) is 0 Å². The molecule has 1 saturated heterocycles. The van der Waals surface area contributed by atoms with Crippen LogP contribution in [0.15, 0.2) is 54.6 Å². The van der Waals surface area contributed by atoms with Crippen LogP contribution in [-0.4, -0.2) is 60.1 Å². The first kappa shape index (κ1) is 18.9. The van der Waals surface area contributed by atoms with Crippen LogP contribution in [0.5, 0.6) is 5.75 Å². The van der Waals surface area contributed by atoms with Gasteiger partial charge in [0.2, 0.25) is 5.91 Å². The van der Waals surface area contributed by atoms with Crippen LogP contribution in [0, 0.1) is 0 Å². The predicted molar refractivity (Wildman–Crippen MR) is 102 cm³/mol. The van der Waals surface area contributed by atoms with E-state index >= 15 is 0 Å². The maximum absolute atomic E-state index is 12.6. The Morgan fingerprint density at radius 3 is 2.59 bits per heavy atom. The number of ether oxygens (including phenoxy) is 1. The molecule has 6 nitrogen and oxygen atoms in total. The van der Waals surface area contributed by atoms with E-state index in [1.54, 1.807) is 36.3 Å². The van der Waals surface area contributed by atoms with Gasteiger partial charge in [-0.05, 0) is 29.7 Å². The van der Waals surface area contributed by atoms with Crippen LogP contribution in [0.25, 0.3) is 0 Å². The molecule has 3 rings (SSSR count). The Morgan fingerprint density at radius 1 is 1.15 bits per heavy atom. The fourth-order valence-corrected chi connectivity index (χ4v) is 3.41. The van der Waals surface area contributed by atoms with Gasteiger partial charge in [0, 0.05) is 19.6 Å². The van der Waals surface area contributed by atoms with Crippen molar-refractivity contribution in [1.29, 1.82) is 0 Å².